The highest BCUT2D eigenvalue weighted by Crippen LogP contribution is 2.29. The van der Waals surface area contributed by atoms with Crippen molar-refractivity contribution >= 4 is 28.5 Å². The third kappa shape index (κ3) is 7.55. The van der Waals surface area contributed by atoms with Crippen molar-refractivity contribution in [1.29, 1.82) is 5.26 Å². The number of ether oxygens (including phenoxy) is 3. The standard InChI is InChI=1S/C27H30N4O4S/c1-5-6-7-25-30-31-27(36-25)29-26(32)21(17-28)15-20-9-11-23(24(16-20)33-4)35-13-12-34-22-10-8-18(2)19(3)14-22/h8-11,14-16H,5-7,12-13H2,1-4H3,(H,29,31,32)/b21-15-. The van der Waals surface area contributed by atoms with E-state index in [4.69, 9.17) is 14.2 Å². The molecule has 188 valence electrons. The second-order valence-electron chi connectivity index (χ2n) is 8.08. The predicted molar refractivity (Wildman–Crippen MR) is 141 cm³/mol. The number of nitrogens with one attached hydrogen (secondary N) is 1. The molecule has 0 saturated carbocycles. The lowest BCUT2D eigenvalue weighted by Gasteiger charge is -2.13. The maximum atomic E-state index is 12.6. The van der Waals surface area contributed by atoms with E-state index in [2.05, 4.69) is 29.4 Å². The fraction of sp³-hybridized carbons (Fsp3) is 0.333. The molecule has 0 aliphatic heterocycles. The lowest BCUT2D eigenvalue weighted by Crippen LogP contribution is -2.13. The van der Waals surface area contributed by atoms with Crippen molar-refractivity contribution in [3.63, 3.8) is 0 Å². The van der Waals surface area contributed by atoms with Gasteiger partial charge in [0.2, 0.25) is 5.13 Å². The maximum absolute atomic E-state index is 12.6. The van der Waals surface area contributed by atoms with E-state index in [9.17, 15) is 10.1 Å². The lowest BCUT2D eigenvalue weighted by atomic mass is 10.1. The molecule has 0 unspecified atom stereocenters. The zero-order valence-electron chi connectivity index (χ0n) is 21.0. The first-order chi connectivity index (χ1) is 17.4. The van der Waals surface area contributed by atoms with E-state index >= 15 is 0 Å². The molecule has 1 N–H and O–H groups in total. The number of carbonyl (C=O) groups is 1. The summed E-state index contributed by atoms with van der Waals surface area (Å²) in [4.78, 5) is 12.6. The van der Waals surface area contributed by atoms with Crippen LogP contribution < -0.4 is 19.5 Å². The van der Waals surface area contributed by atoms with Crippen LogP contribution in [0.1, 0.15) is 41.5 Å². The third-order valence-corrected chi connectivity index (χ3v) is 6.28. The molecule has 1 heterocycles. The molecule has 3 rings (SSSR count). The largest absolute Gasteiger partial charge is 0.493 e. The Morgan fingerprint density at radius 1 is 1.08 bits per heavy atom. The van der Waals surface area contributed by atoms with Gasteiger partial charge in [0.1, 0.15) is 35.6 Å². The Morgan fingerprint density at radius 2 is 1.89 bits per heavy atom. The number of nitriles is 1. The van der Waals surface area contributed by atoms with Crippen molar-refractivity contribution in [1.82, 2.24) is 10.2 Å². The molecule has 0 aliphatic rings. The van der Waals surface area contributed by atoms with E-state index in [1.54, 1.807) is 18.2 Å². The van der Waals surface area contributed by atoms with E-state index in [0.717, 1.165) is 30.0 Å². The van der Waals surface area contributed by atoms with Gasteiger partial charge >= 0.3 is 0 Å². The minimum Gasteiger partial charge on any atom is -0.493 e. The van der Waals surface area contributed by atoms with Crippen molar-refractivity contribution in [3.05, 3.63) is 63.7 Å². The topological polar surface area (TPSA) is 106 Å². The molecule has 1 aromatic heterocycles. The van der Waals surface area contributed by atoms with Crippen molar-refractivity contribution < 1.29 is 19.0 Å². The first-order valence-electron chi connectivity index (χ1n) is 11.7. The molecular formula is C27H30N4O4S. The van der Waals surface area contributed by atoms with Crippen molar-refractivity contribution in [2.75, 3.05) is 25.6 Å². The summed E-state index contributed by atoms with van der Waals surface area (Å²) < 4.78 is 17.0. The molecule has 2 aromatic carbocycles. The Bertz CT molecular complexity index is 1260. The van der Waals surface area contributed by atoms with Crippen LogP contribution in [0.5, 0.6) is 17.2 Å². The summed E-state index contributed by atoms with van der Waals surface area (Å²) in [7, 11) is 1.53. The van der Waals surface area contributed by atoms with Gasteiger partial charge in [0.15, 0.2) is 11.5 Å². The van der Waals surface area contributed by atoms with E-state index in [0.29, 0.717) is 35.4 Å². The average Bonchev–Trinajstić information content (AvgIpc) is 3.33. The molecule has 0 atom stereocenters. The number of rotatable bonds is 12. The highest BCUT2D eigenvalue weighted by atomic mass is 32.1. The Labute approximate surface area is 215 Å². The van der Waals surface area contributed by atoms with Crippen LogP contribution in [0.4, 0.5) is 5.13 Å². The maximum Gasteiger partial charge on any atom is 0.268 e. The highest BCUT2D eigenvalue weighted by molar-refractivity contribution is 7.15. The van der Waals surface area contributed by atoms with Gasteiger partial charge in [0, 0.05) is 6.42 Å². The van der Waals surface area contributed by atoms with Gasteiger partial charge in [-0.05, 0) is 67.3 Å². The fourth-order valence-electron chi connectivity index (χ4n) is 3.22. The number of hydrogen-bond donors (Lipinski definition) is 1. The van der Waals surface area contributed by atoms with Gasteiger partial charge in [0.05, 0.1) is 7.11 Å². The summed E-state index contributed by atoms with van der Waals surface area (Å²) >= 11 is 1.31. The van der Waals surface area contributed by atoms with Gasteiger partial charge in [0.25, 0.3) is 5.91 Å². The number of benzene rings is 2. The van der Waals surface area contributed by atoms with Crippen LogP contribution in [0.2, 0.25) is 0 Å². The first-order valence-corrected chi connectivity index (χ1v) is 12.5. The van der Waals surface area contributed by atoms with Gasteiger partial charge in [-0.2, -0.15) is 5.26 Å². The quantitative estimate of drug-likeness (QED) is 0.196. The Balaban J connectivity index is 1.60. The van der Waals surface area contributed by atoms with E-state index in [1.807, 2.05) is 31.2 Å². The molecular weight excluding hydrogens is 476 g/mol. The number of carbonyl (C=O) groups excluding carboxylic acids is 1. The molecule has 0 aliphatic carbocycles. The second kappa shape index (κ2) is 13.3. The average molecular weight is 507 g/mol. The lowest BCUT2D eigenvalue weighted by molar-refractivity contribution is -0.112. The van der Waals surface area contributed by atoms with Crippen molar-refractivity contribution in [2.45, 2.75) is 40.0 Å². The van der Waals surface area contributed by atoms with Crippen LogP contribution in [-0.2, 0) is 11.2 Å². The van der Waals surface area contributed by atoms with Gasteiger partial charge in [-0.3, -0.25) is 10.1 Å². The molecule has 1 amide bonds. The van der Waals surface area contributed by atoms with E-state index in [1.165, 1.54) is 35.6 Å². The van der Waals surface area contributed by atoms with E-state index in [-0.39, 0.29) is 5.57 Å². The van der Waals surface area contributed by atoms with Gasteiger partial charge < -0.3 is 14.2 Å². The number of aryl methyl sites for hydroxylation is 3. The molecule has 8 nitrogen and oxygen atoms in total. The van der Waals surface area contributed by atoms with Gasteiger partial charge in [-0.25, -0.2) is 0 Å². The van der Waals surface area contributed by atoms with Crippen LogP contribution in [0, 0.1) is 25.2 Å². The van der Waals surface area contributed by atoms with Crippen LogP contribution in [-0.4, -0.2) is 36.4 Å². The zero-order chi connectivity index (χ0) is 25.9. The molecule has 0 spiro atoms. The fourth-order valence-corrected chi connectivity index (χ4v) is 4.00. The Morgan fingerprint density at radius 3 is 2.61 bits per heavy atom. The predicted octanol–water partition coefficient (Wildman–Crippen LogP) is 5.51. The van der Waals surface area contributed by atoms with Crippen LogP contribution in [0.3, 0.4) is 0 Å². The zero-order valence-corrected chi connectivity index (χ0v) is 21.8. The van der Waals surface area contributed by atoms with Gasteiger partial charge in [-0.1, -0.05) is 36.8 Å². The number of nitrogens with zero attached hydrogens (tertiary/aromatic N) is 3. The number of amides is 1. The molecule has 0 radical (unpaired) electrons. The smallest absolute Gasteiger partial charge is 0.268 e. The summed E-state index contributed by atoms with van der Waals surface area (Å²) in [6.07, 6.45) is 4.37. The summed E-state index contributed by atoms with van der Waals surface area (Å²) in [6.45, 7) is 6.90. The minimum atomic E-state index is -0.543. The monoisotopic (exact) mass is 506 g/mol. The molecule has 3 aromatic rings. The van der Waals surface area contributed by atoms with Crippen molar-refractivity contribution in [2.24, 2.45) is 0 Å². The summed E-state index contributed by atoms with van der Waals surface area (Å²) in [5.41, 5.74) is 2.95. The van der Waals surface area contributed by atoms with Crippen LogP contribution >= 0.6 is 11.3 Å². The number of anilines is 1. The van der Waals surface area contributed by atoms with Crippen molar-refractivity contribution in [3.8, 4) is 23.3 Å². The Hall–Kier alpha value is -3.90. The molecule has 9 heteroatoms. The second-order valence-corrected chi connectivity index (χ2v) is 9.14. The highest BCUT2D eigenvalue weighted by Gasteiger charge is 2.14. The molecule has 0 saturated heterocycles. The minimum absolute atomic E-state index is 0.0576. The first kappa shape index (κ1) is 26.7. The third-order valence-electron chi connectivity index (χ3n) is 5.38. The summed E-state index contributed by atoms with van der Waals surface area (Å²) in [5.74, 6) is 1.27. The van der Waals surface area contributed by atoms with E-state index < -0.39 is 5.91 Å². The summed E-state index contributed by atoms with van der Waals surface area (Å²) in [5, 5.41) is 21.5. The molecule has 36 heavy (non-hydrogen) atoms. The van der Waals surface area contributed by atoms with Crippen LogP contribution in [0.15, 0.2) is 42.0 Å². The van der Waals surface area contributed by atoms with Crippen LogP contribution in [0.25, 0.3) is 6.08 Å². The number of unbranched alkanes of at least 4 members (excludes halogenated alkanes) is 1. The SMILES string of the molecule is CCCCc1nnc(NC(=O)/C(C#N)=C\c2ccc(OCCOc3ccc(C)c(C)c3)c(OC)c2)s1. The number of hydrogen-bond acceptors (Lipinski definition) is 8. The summed E-state index contributed by atoms with van der Waals surface area (Å²) in [6, 6.07) is 13.1. The molecule has 0 fully saturated rings. The van der Waals surface area contributed by atoms with Gasteiger partial charge in [-0.15, -0.1) is 10.2 Å². The molecule has 0 bridgehead atoms. The number of methoxy groups -OCH3 is 1. The number of aromatic nitrogens is 2. The Kier molecular flexibility index (Phi) is 9.83. The normalized spacial score (nSPS) is 11.0.